The predicted molar refractivity (Wildman–Crippen MR) is 76.8 cm³/mol. The highest BCUT2D eigenvalue weighted by atomic mass is 35.5. The highest BCUT2D eigenvalue weighted by molar-refractivity contribution is 6.31. The summed E-state index contributed by atoms with van der Waals surface area (Å²) in [5.41, 5.74) is 3.46. The molecule has 0 amide bonds. The van der Waals surface area contributed by atoms with E-state index in [1.165, 1.54) is 0 Å². The Morgan fingerprint density at radius 3 is 2.68 bits per heavy atom. The Labute approximate surface area is 115 Å². The fraction of sp³-hybridized carbons (Fsp3) is 0.0625. The second-order valence-corrected chi connectivity index (χ2v) is 4.92. The first-order valence-corrected chi connectivity index (χ1v) is 6.30. The lowest BCUT2D eigenvalue weighted by Gasteiger charge is -2.02. The quantitative estimate of drug-likeness (QED) is 0.622. The molecule has 1 aromatic heterocycles. The van der Waals surface area contributed by atoms with Crippen LogP contribution in [0.3, 0.4) is 0 Å². The van der Waals surface area contributed by atoms with Gasteiger partial charge in [-0.05, 0) is 42.8 Å². The van der Waals surface area contributed by atoms with Crippen LogP contribution in [0.5, 0.6) is 0 Å². The number of aryl methyl sites for hydroxylation is 1. The smallest absolute Gasteiger partial charge is 0.150 e. The molecule has 0 aliphatic carbocycles. The Morgan fingerprint density at radius 1 is 1.11 bits per heavy atom. The molecule has 0 aliphatic rings. The number of rotatable bonds is 2. The number of halogens is 1. The summed E-state index contributed by atoms with van der Waals surface area (Å²) in [5.74, 6) is 0.784. The molecule has 19 heavy (non-hydrogen) atoms. The number of hydrogen-bond donors (Lipinski definition) is 0. The predicted octanol–water partition coefficient (Wildman–Crippen LogP) is 4.87. The number of hydrogen-bond acceptors (Lipinski definition) is 2. The van der Waals surface area contributed by atoms with Crippen LogP contribution in [0.1, 0.15) is 15.9 Å². The third-order valence-corrected chi connectivity index (χ3v) is 3.37. The maximum atomic E-state index is 10.7. The van der Waals surface area contributed by atoms with E-state index in [9.17, 15) is 4.79 Å². The largest absolute Gasteiger partial charge is 0.456 e. The summed E-state index contributed by atoms with van der Waals surface area (Å²) < 4.78 is 5.82. The van der Waals surface area contributed by atoms with Crippen molar-refractivity contribution < 1.29 is 9.21 Å². The molecular weight excluding hydrogens is 260 g/mol. The molecule has 2 aromatic carbocycles. The standard InChI is InChI=1S/C16H11ClO2/c1-10-6-11(9-18)2-4-14(10)16-8-12-7-13(17)3-5-15(12)19-16/h2-9H,1H3. The summed E-state index contributed by atoms with van der Waals surface area (Å²) in [6.07, 6.45) is 0.842. The molecule has 0 atom stereocenters. The number of aldehydes is 1. The van der Waals surface area contributed by atoms with Gasteiger partial charge >= 0.3 is 0 Å². The highest BCUT2D eigenvalue weighted by Crippen LogP contribution is 2.31. The van der Waals surface area contributed by atoms with Gasteiger partial charge in [0.1, 0.15) is 17.6 Å². The van der Waals surface area contributed by atoms with E-state index in [1.807, 2.05) is 37.3 Å². The monoisotopic (exact) mass is 270 g/mol. The molecule has 0 fully saturated rings. The molecule has 0 spiro atoms. The number of fused-ring (bicyclic) bond motifs is 1. The SMILES string of the molecule is Cc1cc(C=O)ccc1-c1cc2cc(Cl)ccc2o1. The highest BCUT2D eigenvalue weighted by Gasteiger charge is 2.09. The zero-order valence-electron chi connectivity index (χ0n) is 10.3. The maximum Gasteiger partial charge on any atom is 0.150 e. The zero-order chi connectivity index (χ0) is 13.4. The van der Waals surface area contributed by atoms with E-state index in [2.05, 4.69) is 0 Å². The van der Waals surface area contributed by atoms with Gasteiger partial charge in [-0.3, -0.25) is 4.79 Å². The van der Waals surface area contributed by atoms with Crippen LogP contribution in [0.15, 0.2) is 46.9 Å². The molecule has 94 valence electrons. The van der Waals surface area contributed by atoms with Gasteiger partial charge in [0.05, 0.1) is 0 Å². The van der Waals surface area contributed by atoms with Crippen LogP contribution < -0.4 is 0 Å². The summed E-state index contributed by atoms with van der Waals surface area (Å²) in [5, 5.41) is 1.66. The Hall–Kier alpha value is -2.06. The summed E-state index contributed by atoms with van der Waals surface area (Å²) >= 11 is 5.96. The molecule has 0 saturated carbocycles. The van der Waals surface area contributed by atoms with E-state index >= 15 is 0 Å². The molecule has 3 heteroatoms. The van der Waals surface area contributed by atoms with Crippen molar-refractivity contribution in [3.05, 3.63) is 58.6 Å². The van der Waals surface area contributed by atoms with Crippen LogP contribution in [0.25, 0.3) is 22.3 Å². The summed E-state index contributed by atoms with van der Waals surface area (Å²) in [6.45, 7) is 1.96. The van der Waals surface area contributed by atoms with Gasteiger partial charge in [-0.2, -0.15) is 0 Å². The van der Waals surface area contributed by atoms with E-state index in [0.29, 0.717) is 10.6 Å². The van der Waals surface area contributed by atoms with Gasteiger partial charge in [-0.1, -0.05) is 23.7 Å². The second kappa shape index (κ2) is 4.56. The van der Waals surface area contributed by atoms with Gasteiger partial charge < -0.3 is 4.42 Å². The molecule has 1 heterocycles. The zero-order valence-corrected chi connectivity index (χ0v) is 11.1. The van der Waals surface area contributed by atoms with Gasteiger partial charge in [-0.25, -0.2) is 0 Å². The minimum atomic E-state index is 0.667. The van der Waals surface area contributed by atoms with Crippen molar-refractivity contribution in [1.29, 1.82) is 0 Å². The van der Waals surface area contributed by atoms with E-state index in [1.54, 1.807) is 12.1 Å². The van der Waals surface area contributed by atoms with Crippen LogP contribution in [0.2, 0.25) is 5.02 Å². The lowest BCUT2D eigenvalue weighted by Crippen LogP contribution is -1.85. The molecule has 2 nitrogen and oxygen atoms in total. The van der Waals surface area contributed by atoms with Gasteiger partial charge in [0.2, 0.25) is 0 Å². The van der Waals surface area contributed by atoms with Crippen molar-refractivity contribution in [3.8, 4) is 11.3 Å². The molecular formula is C16H11ClO2. The first kappa shape index (κ1) is 12.0. The minimum absolute atomic E-state index is 0.667. The fourth-order valence-corrected chi connectivity index (χ4v) is 2.36. The molecule has 0 saturated heterocycles. The van der Waals surface area contributed by atoms with Crippen molar-refractivity contribution >= 4 is 28.9 Å². The van der Waals surface area contributed by atoms with Crippen LogP contribution in [0, 0.1) is 6.92 Å². The minimum Gasteiger partial charge on any atom is -0.456 e. The van der Waals surface area contributed by atoms with Gasteiger partial charge in [-0.15, -0.1) is 0 Å². The third kappa shape index (κ3) is 2.15. The molecule has 3 aromatic rings. The van der Waals surface area contributed by atoms with Crippen LogP contribution >= 0.6 is 11.6 Å². The number of furan rings is 1. The fourth-order valence-electron chi connectivity index (χ4n) is 2.18. The average Bonchev–Trinajstić information content (AvgIpc) is 2.81. The van der Waals surface area contributed by atoms with Crippen LogP contribution in [-0.4, -0.2) is 6.29 Å². The number of benzene rings is 2. The molecule has 0 N–H and O–H groups in total. The number of carbonyl (C=O) groups is 1. The molecule has 3 rings (SSSR count). The van der Waals surface area contributed by atoms with Crippen LogP contribution in [0.4, 0.5) is 0 Å². The molecule has 0 unspecified atom stereocenters. The normalized spacial score (nSPS) is 10.8. The number of carbonyl (C=O) groups excluding carboxylic acids is 1. The summed E-state index contributed by atoms with van der Waals surface area (Å²) in [7, 11) is 0. The van der Waals surface area contributed by atoms with E-state index in [-0.39, 0.29) is 0 Å². The van der Waals surface area contributed by atoms with E-state index in [4.69, 9.17) is 16.0 Å². The molecule has 0 bridgehead atoms. The van der Waals surface area contributed by atoms with Crippen molar-refractivity contribution in [2.75, 3.05) is 0 Å². The Kier molecular flexibility index (Phi) is 2.88. The van der Waals surface area contributed by atoms with Crippen molar-refractivity contribution in [2.45, 2.75) is 6.92 Å². The van der Waals surface area contributed by atoms with Crippen molar-refractivity contribution in [1.82, 2.24) is 0 Å². The molecule has 0 radical (unpaired) electrons. The first-order chi connectivity index (χ1) is 9.17. The van der Waals surface area contributed by atoms with E-state index in [0.717, 1.165) is 34.1 Å². The first-order valence-electron chi connectivity index (χ1n) is 5.93. The van der Waals surface area contributed by atoms with Gasteiger partial charge in [0.15, 0.2) is 0 Å². The van der Waals surface area contributed by atoms with Crippen molar-refractivity contribution in [3.63, 3.8) is 0 Å². The Morgan fingerprint density at radius 2 is 1.95 bits per heavy atom. The van der Waals surface area contributed by atoms with Crippen molar-refractivity contribution in [2.24, 2.45) is 0 Å². The Balaban J connectivity index is 2.16. The lowest BCUT2D eigenvalue weighted by molar-refractivity contribution is 0.112. The summed E-state index contributed by atoms with van der Waals surface area (Å²) in [6, 6.07) is 13.0. The maximum absolute atomic E-state index is 10.7. The third-order valence-electron chi connectivity index (χ3n) is 3.13. The lowest BCUT2D eigenvalue weighted by atomic mass is 10.0. The van der Waals surface area contributed by atoms with Crippen LogP contribution in [-0.2, 0) is 0 Å². The average molecular weight is 271 g/mol. The van der Waals surface area contributed by atoms with Gasteiger partial charge in [0.25, 0.3) is 0 Å². The van der Waals surface area contributed by atoms with E-state index < -0.39 is 0 Å². The summed E-state index contributed by atoms with van der Waals surface area (Å²) in [4.78, 5) is 10.7. The topological polar surface area (TPSA) is 30.2 Å². The second-order valence-electron chi connectivity index (χ2n) is 4.49. The molecule has 0 aliphatic heterocycles. The van der Waals surface area contributed by atoms with Gasteiger partial charge in [0, 0.05) is 21.5 Å². The Bertz CT molecular complexity index is 772.